The molecule has 3 amide bonds. The third kappa shape index (κ3) is 7.23. The maximum atomic E-state index is 12.2. The van der Waals surface area contributed by atoms with E-state index in [1.165, 1.54) is 5.56 Å². The number of rotatable bonds is 16. The van der Waals surface area contributed by atoms with Crippen molar-refractivity contribution < 1.29 is 42.6 Å². The molecule has 3 atom stereocenters. The van der Waals surface area contributed by atoms with Crippen LogP contribution in [0.15, 0.2) is 36.5 Å². The molecule has 0 spiro atoms. The van der Waals surface area contributed by atoms with Gasteiger partial charge in [0.05, 0.1) is 56.6 Å². The van der Waals surface area contributed by atoms with Crippen LogP contribution in [0.4, 0.5) is 4.79 Å². The fourth-order valence-electron chi connectivity index (χ4n) is 6.86. The second-order valence-electron chi connectivity index (χ2n) is 12.4. The van der Waals surface area contributed by atoms with Crippen LogP contribution in [0.3, 0.4) is 0 Å². The van der Waals surface area contributed by atoms with Crippen molar-refractivity contribution >= 4 is 34.5 Å². The summed E-state index contributed by atoms with van der Waals surface area (Å²) >= 11 is 1.91. The standard InChI is InChI=1S/C35H42N4O8S/c1-42-28-7-6-22-16-27-24-18-30-29(46-21-47-30)17-23(24)8-10-39(27)19-25(22)34(28)45-15-14-44-13-12-43-11-9-36-32(40)5-3-2-4-31-33-26(20-48-31)37-35(41)38-33/h6-7,16-19,26,31,33H,2-5,8-15,20-21H2,1H3,(H2-,36,37,38,40,41)/p+1/t26-,31-,33-/m0/s1. The number of fused-ring (bicyclic) bond motifs is 6. The van der Waals surface area contributed by atoms with E-state index in [2.05, 4.69) is 51.0 Å². The van der Waals surface area contributed by atoms with Gasteiger partial charge >= 0.3 is 6.03 Å². The number of hydrogen-bond acceptors (Lipinski definition) is 9. The van der Waals surface area contributed by atoms with Gasteiger partial charge in [-0.3, -0.25) is 4.79 Å². The molecular formula is C35H43N4O8S+. The average Bonchev–Trinajstić information content (AvgIpc) is 3.81. The van der Waals surface area contributed by atoms with Crippen LogP contribution in [0, 0.1) is 0 Å². The molecule has 3 aromatic rings. The second kappa shape index (κ2) is 15.1. The number of carbonyl (C=O) groups excluding carboxylic acids is 2. The number of amides is 3. The molecule has 1 aromatic heterocycles. The number of carbonyl (C=O) groups is 2. The fraction of sp³-hybridized carbons (Fsp3) is 0.514. The van der Waals surface area contributed by atoms with Crippen molar-refractivity contribution in [2.75, 3.05) is 59.2 Å². The van der Waals surface area contributed by atoms with Gasteiger partial charge in [-0.25, -0.2) is 4.79 Å². The third-order valence-electron chi connectivity index (χ3n) is 9.29. The molecule has 3 N–H and O–H groups in total. The summed E-state index contributed by atoms with van der Waals surface area (Å²) in [6, 6.07) is 10.8. The summed E-state index contributed by atoms with van der Waals surface area (Å²) in [7, 11) is 1.65. The number of aromatic nitrogens is 1. The van der Waals surface area contributed by atoms with Crippen LogP contribution in [0.2, 0.25) is 0 Å². The van der Waals surface area contributed by atoms with E-state index in [0.29, 0.717) is 62.7 Å². The number of urea groups is 1. The SMILES string of the molecule is COc1ccc2cc3[n+](cc2c1OCCOCCOCCNC(=O)CCCC[C@@H]1SC[C@@H]2NC(=O)N[C@@H]21)CCc1cc2c(cc1-3)OCO2. The van der Waals surface area contributed by atoms with Crippen molar-refractivity contribution in [3.8, 4) is 34.3 Å². The van der Waals surface area contributed by atoms with E-state index in [1.54, 1.807) is 7.11 Å². The molecule has 48 heavy (non-hydrogen) atoms. The molecule has 4 aliphatic heterocycles. The Kier molecular flexibility index (Phi) is 10.2. The van der Waals surface area contributed by atoms with Gasteiger partial charge in [0, 0.05) is 36.5 Å². The van der Waals surface area contributed by atoms with Crippen LogP contribution in [0.1, 0.15) is 31.2 Å². The highest BCUT2D eigenvalue weighted by Crippen LogP contribution is 2.41. The van der Waals surface area contributed by atoms with Gasteiger partial charge in [0.1, 0.15) is 6.61 Å². The minimum absolute atomic E-state index is 0.0419. The average molecular weight is 680 g/mol. The van der Waals surface area contributed by atoms with Crippen molar-refractivity contribution in [1.82, 2.24) is 16.0 Å². The Labute approximate surface area is 284 Å². The number of aryl methyl sites for hydroxylation is 2. The number of ether oxygens (including phenoxy) is 6. The first kappa shape index (κ1) is 32.6. The Morgan fingerprint density at radius 3 is 2.75 bits per heavy atom. The molecule has 2 aromatic carbocycles. The van der Waals surface area contributed by atoms with E-state index in [9.17, 15) is 9.59 Å². The Hall–Kier alpha value is -3.94. The lowest BCUT2D eigenvalue weighted by molar-refractivity contribution is -0.686. The van der Waals surface area contributed by atoms with Crippen molar-refractivity contribution in [3.63, 3.8) is 0 Å². The first-order chi connectivity index (χ1) is 23.6. The number of pyridine rings is 1. The van der Waals surface area contributed by atoms with Crippen LogP contribution in [-0.2, 0) is 27.2 Å². The van der Waals surface area contributed by atoms with Gasteiger partial charge in [0.2, 0.25) is 18.4 Å². The highest BCUT2D eigenvalue weighted by molar-refractivity contribution is 8.00. The lowest BCUT2D eigenvalue weighted by Crippen LogP contribution is -2.40. The number of unbranched alkanes of at least 4 members (excludes halogenated alkanes) is 1. The van der Waals surface area contributed by atoms with E-state index in [1.807, 2.05) is 17.8 Å². The maximum Gasteiger partial charge on any atom is 0.315 e. The van der Waals surface area contributed by atoms with Gasteiger partial charge in [-0.05, 0) is 48.1 Å². The zero-order valence-corrected chi connectivity index (χ0v) is 28.0. The van der Waals surface area contributed by atoms with Gasteiger partial charge in [-0.15, -0.1) is 0 Å². The molecule has 5 heterocycles. The van der Waals surface area contributed by atoms with Gasteiger partial charge in [0.15, 0.2) is 35.7 Å². The maximum absolute atomic E-state index is 12.2. The highest BCUT2D eigenvalue weighted by Gasteiger charge is 2.42. The number of thioether (sulfide) groups is 1. The van der Waals surface area contributed by atoms with Gasteiger partial charge in [0.25, 0.3) is 0 Å². The molecule has 256 valence electrons. The monoisotopic (exact) mass is 679 g/mol. The third-order valence-corrected chi connectivity index (χ3v) is 10.8. The van der Waals surface area contributed by atoms with Gasteiger partial charge in [-0.2, -0.15) is 16.3 Å². The summed E-state index contributed by atoms with van der Waals surface area (Å²) in [5.41, 5.74) is 3.55. The van der Waals surface area contributed by atoms with Crippen molar-refractivity contribution in [2.24, 2.45) is 0 Å². The van der Waals surface area contributed by atoms with Gasteiger partial charge < -0.3 is 44.4 Å². The van der Waals surface area contributed by atoms with Crippen LogP contribution < -0.4 is 39.5 Å². The highest BCUT2D eigenvalue weighted by atomic mass is 32.2. The zero-order valence-electron chi connectivity index (χ0n) is 27.2. The number of benzene rings is 2. The van der Waals surface area contributed by atoms with Crippen molar-refractivity contribution in [1.29, 1.82) is 0 Å². The van der Waals surface area contributed by atoms with Crippen LogP contribution in [0.5, 0.6) is 23.0 Å². The van der Waals surface area contributed by atoms with E-state index < -0.39 is 0 Å². The normalized spacial score (nSPS) is 20.1. The molecule has 7 rings (SSSR count). The predicted molar refractivity (Wildman–Crippen MR) is 180 cm³/mol. The summed E-state index contributed by atoms with van der Waals surface area (Å²) in [5.74, 6) is 3.98. The predicted octanol–water partition coefficient (Wildman–Crippen LogP) is 3.34. The topological polar surface area (TPSA) is 129 Å². The number of nitrogens with zero attached hydrogens (tertiary/aromatic N) is 1. The molecule has 0 unspecified atom stereocenters. The first-order valence-corrected chi connectivity index (χ1v) is 17.8. The molecule has 2 saturated heterocycles. The molecule has 0 radical (unpaired) electrons. The lowest BCUT2D eigenvalue weighted by Gasteiger charge is -2.18. The Bertz CT molecular complexity index is 1650. The Morgan fingerprint density at radius 1 is 1.04 bits per heavy atom. The number of methoxy groups -OCH3 is 1. The van der Waals surface area contributed by atoms with Crippen LogP contribution >= 0.6 is 11.8 Å². The Balaban J connectivity index is 0.792. The van der Waals surface area contributed by atoms with E-state index in [4.69, 9.17) is 28.4 Å². The molecular weight excluding hydrogens is 636 g/mol. The second-order valence-corrected chi connectivity index (χ2v) is 13.6. The Morgan fingerprint density at radius 2 is 1.88 bits per heavy atom. The van der Waals surface area contributed by atoms with E-state index >= 15 is 0 Å². The fourth-order valence-corrected chi connectivity index (χ4v) is 8.40. The summed E-state index contributed by atoms with van der Waals surface area (Å²) in [6.45, 7) is 3.66. The summed E-state index contributed by atoms with van der Waals surface area (Å²) < 4.78 is 36.7. The molecule has 4 aliphatic rings. The zero-order chi connectivity index (χ0) is 32.9. The van der Waals surface area contributed by atoms with Gasteiger partial charge in [-0.1, -0.05) is 6.42 Å². The first-order valence-electron chi connectivity index (χ1n) is 16.8. The summed E-state index contributed by atoms with van der Waals surface area (Å²) in [6.07, 6.45) is 6.37. The van der Waals surface area contributed by atoms with Crippen molar-refractivity contribution in [3.05, 3.63) is 42.1 Å². The molecule has 13 heteroatoms. The van der Waals surface area contributed by atoms with E-state index in [-0.39, 0.29) is 30.8 Å². The molecule has 0 aliphatic carbocycles. The minimum Gasteiger partial charge on any atom is -0.493 e. The van der Waals surface area contributed by atoms with Crippen LogP contribution in [-0.4, -0.2) is 88.5 Å². The van der Waals surface area contributed by atoms with Crippen molar-refractivity contribution in [2.45, 2.75) is 56.0 Å². The van der Waals surface area contributed by atoms with Crippen LogP contribution in [0.25, 0.3) is 22.0 Å². The quantitative estimate of drug-likeness (QED) is 0.119. The number of hydrogen-bond donors (Lipinski definition) is 3. The smallest absolute Gasteiger partial charge is 0.315 e. The number of nitrogens with one attached hydrogen (secondary N) is 3. The van der Waals surface area contributed by atoms with E-state index in [0.717, 1.165) is 71.5 Å². The summed E-state index contributed by atoms with van der Waals surface area (Å²) in [5, 5.41) is 11.4. The molecule has 2 fully saturated rings. The lowest BCUT2D eigenvalue weighted by atomic mass is 9.95. The largest absolute Gasteiger partial charge is 0.493 e. The molecule has 12 nitrogen and oxygen atoms in total. The molecule has 0 saturated carbocycles. The minimum atomic E-state index is -0.0593. The summed E-state index contributed by atoms with van der Waals surface area (Å²) in [4.78, 5) is 23.7. The molecule has 0 bridgehead atoms.